The topological polar surface area (TPSA) is 70.1 Å². The number of rotatable bonds is 3. The van der Waals surface area contributed by atoms with E-state index in [-0.39, 0.29) is 5.69 Å². The van der Waals surface area contributed by atoms with Gasteiger partial charge in [0, 0.05) is 0 Å². The van der Waals surface area contributed by atoms with E-state index in [0.717, 1.165) is 5.69 Å². The van der Waals surface area contributed by atoms with Crippen molar-refractivity contribution in [3.05, 3.63) is 40.5 Å². The van der Waals surface area contributed by atoms with Crippen molar-refractivity contribution in [3.63, 3.8) is 0 Å². The van der Waals surface area contributed by atoms with Gasteiger partial charge in [-0.2, -0.15) is 5.10 Å². The Bertz CT molecular complexity index is 566. The molecule has 0 amide bonds. The van der Waals surface area contributed by atoms with E-state index in [2.05, 4.69) is 21.0 Å². The lowest BCUT2D eigenvalue weighted by molar-refractivity contribution is 0.0518. The smallest absolute Gasteiger partial charge is 0.360 e. The molecule has 2 aromatic rings. The van der Waals surface area contributed by atoms with Crippen molar-refractivity contribution < 1.29 is 9.53 Å². The summed E-state index contributed by atoms with van der Waals surface area (Å²) in [6.07, 6.45) is 0. The normalized spacial score (nSPS) is 10.3. The van der Waals surface area contributed by atoms with E-state index in [0.29, 0.717) is 16.9 Å². The standard InChI is InChI=1S/C12H12BrN3O2/c1-2-18-12(17)10-9(13)11(14)16(15-10)8-6-4-3-5-7-8/h3-7H,2,14H2,1H3. The van der Waals surface area contributed by atoms with Gasteiger partial charge in [-0.25, -0.2) is 9.48 Å². The van der Waals surface area contributed by atoms with Crippen LogP contribution in [0.15, 0.2) is 34.8 Å². The fourth-order valence-corrected chi connectivity index (χ4v) is 1.92. The van der Waals surface area contributed by atoms with Gasteiger partial charge in [0.1, 0.15) is 5.82 Å². The van der Waals surface area contributed by atoms with Gasteiger partial charge < -0.3 is 10.5 Å². The molecular weight excluding hydrogens is 298 g/mol. The van der Waals surface area contributed by atoms with Gasteiger partial charge in [-0.05, 0) is 35.0 Å². The minimum absolute atomic E-state index is 0.179. The summed E-state index contributed by atoms with van der Waals surface area (Å²) in [4.78, 5) is 11.7. The monoisotopic (exact) mass is 309 g/mol. The maximum Gasteiger partial charge on any atom is 0.360 e. The summed E-state index contributed by atoms with van der Waals surface area (Å²) in [5.41, 5.74) is 6.88. The highest BCUT2D eigenvalue weighted by Gasteiger charge is 2.21. The third kappa shape index (κ3) is 2.24. The maximum absolute atomic E-state index is 11.7. The van der Waals surface area contributed by atoms with Gasteiger partial charge in [-0.3, -0.25) is 0 Å². The average molecular weight is 310 g/mol. The van der Waals surface area contributed by atoms with E-state index in [1.165, 1.54) is 4.68 Å². The summed E-state index contributed by atoms with van der Waals surface area (Å²) in [6, 6.07) is 9.34. The Morgan fingerprint density at radius 1 is 1.44 bits per heavy atom. The molecular formula is C12H12BrN3O2. The maximum atomic E-state index is 11.7. The molecule has 0 unspecified atom stereocenters. The van der Waals surface area contributed by atoms with Crippen molar-refractivity contribution in [2.45, 2.75) is 6.92 Å². The molecule has 6 heteroatoms. The number of para-hydroxylation sites is 1. The zero-order valence-corrected chi connectivity index (χ0v) is 11.3. The van der Waals surface area contributed by atoms with E-state index in [9.17, 15) is 4.79 Å². The van der Waals surface area contributed by atoms with Crippen LogP contribution in [0.25, 0.3) is 5.69 Å². The zero-order chi connectivity index (χ0) is 13.1. The van der Waals surface area contributed by atoms with Gasteiger partial charge in [-0.1, -0.05) is 18.2 Å². The minimum atomic E-state index is -0.495. The minimum Gasteiger partial charge on any atom is -0.461 e. The molecule has 0 aliphatic carbocycles. The first-order valence-corrected chi connectivity index (χ1v) is 6.21. The summed E-state index contributed by atoms with van der Waals surface area (Å²) in [5, 5.41) is 4.17. The zero-order valence-electron chi connectivity index (χ0n) is 9.76. The Morgan fingerprint density at radius 2 is 2.11 bits per heavy atom. The van der Waals surface area contributed by atoms with E-state index in [1.54, 1.807) is 6.92 Å². The van der Waals surface area contributed by atoms with Crippen LogP contribution in [0, 0.1) is 0 Å². The van der Waals surface area contributed by atoms with Crippen LogP contribution in [0.2, 0.25) is 0 Å². The van der Waals surface area contributed by atoms with E-state index in [4.69, 9.17) is 10.5 Å². The van der Waals surface area contributed by atoms with Crippen LogP contribution in [0.3, 0.4) is 0 Å². The molecule has 0 fully saturated rings. The first-order chi connectivity index (χ1) is 8.65. The Morgan fingerprint density at radius 3 is 2.72 bits per heavy atom. The molecule has 94 valence electrons. The quantitative estimate of drug-likeness (QED) is 0.884. The van der Waals surface area contributed by atoms with Crippen LogP contribution < -0.4 is 5.73 Å². The molecule has 0 atom stereocenters. The van der Waals surface area contributed by atoms with Crippen molar-refractivity contribution in [1.29, 1.82) is 0 Å². The number of hydrogen-bond donors (Lipinski definition) is 1. The van der Waals surface area contributed by atoms with Gasteiger partial charge in [0.2, 0.25) is 0 Å². The molecule has 0 radical (unpaired) electrons. The Balaban J connectivity index is 2.46. The van der Waals surface area contributed by atoms with E-state index < -0.39 is 5.97 Å². The number of carbonyl (C=O) groups is 1. The number of halogens is 1. The van der Waals surface area contributed by atoms with Gasteiger partial charge in [0.05, 0.1) is 16.8 Å². The largest absolute Gasteiger partial charge is 0.461 e. The second-order valence-electron chi connectivity index (χ2n) is 3.52. The van der Waals surface area contributed by atoms with Gasteiger partial charge in [0.15, 0.2) is 5.69 Å². The number of benzene rings is 1. The van der Waals surface area contributed by atoms with Crippen molar-refractivity contribution in [1.82, 2.24) is 9.78 Å². The molecule has 18 heavy (non-hydrogen) atoms. The van der Waals surface area contributed by atoms with E-state index in [1.807, 2.05) is 30.3 Å². The van der Waals surface area contributed by atoms with Gasteiger partial charge in [-0.15, -0.1) is 0 Å². The molecule has 0 saturated carbocycles. The number of aromatic nitrogens is 2. The summed E-state index contributed by atoms with van der Waals surface area (Å²) >= 11 is 3.26. The number of nitrogen functional groups attached to an aromatic ring is 1. The van der Waals surface area contributed by atoms with Crippen LogP contribution in [0.4, 0.5) is 5.82 Å². The summed E-state index contributed by atoms with van der Waals surface area (Å²) in [7, 11) is 0. The number of nitrogens with two attached hydrogens (primary N) is 1. The van der Waals surface area contributed by atoms with Crippen LogP contribution in [-0.4, -0.2) is 22.4 Å². The Hall–Kier alpha value is -1.82. The number of anilines is 1. The van der Waals surface area contributed by atoms with Crippen molar-refractivity contribution in [3.8, 4) is 5.69 Å². The molecule has 0 saturated heterocycles. The SMILES string of the molecule is CCOC(=O)c1nn(-c2ccccc2)c(N)c1Br. The van der Waals surface area contributed by atoms with Crippen molar-refractivity contribution >= 4 is 27.7 Å². The number of hydrogen-bond acceptors (Lipinski definition) is 4. The third-order valence-corrected chi connectivity index (χ3v) is 3.11. The highest BCUT2D eigenvalue weighted by molar-refractivity contribution is 9.10. The fourth-order valence-electron chi connectivity index (χ4n) is 1.51. The van der Waals surface area contributed by atoms with Crippen molar-refractivity contribution in [2.75, 3.05) is 12.3 Å². The molecule has 1 aromatic carbocycles. The highest BCUT2D eigenvalue weighted by atomic mass is 79.9. The van der Waals surface area contributed by atoms with Crippen LogP contribution in [0.1, 0.15) is 17.4 Å². The second kappa shape index (κ2) is 5.22. The summed E-state index contributed by atoms with van der Waals surface area (Å²) < 4.78 is 6.86. The van der Waals surface area contributed by atoms with Crippen LogP contribution >= 0.6 is 15.9 Å². The number of esters is 1. The lowest BCUT2D eigenvalue weighted by atomic mass is 10.3. The molecule has 1 aromatic heterocycles. The lowest BCUT2D eigenvalue weighted by Gasteiger charge is -2.02. The predicted octanol–water partition coefficient (Wildman–Crippen LogP) is 2.39. The predicted molar refractivity (Wildman–Crippen MR) is 71.6 cm³/mol. The fraction of sp³-hybridized carbons (Fsp3) is 0.167. The first-order valence-electron chi connectivity index (χ1n) is 5.41. The van der Waals surface area contributed by atoms with Crippen LogP contribution in [0.5, 0.6) is 0 Å². The second-order valence-corrected chi connectivity index (χ2v) is 4.31. The summed E-state index contributed by atoms with van der Waals surface area (Å²) in [6.45, 7) is 2.03. The molecule has 0 bridgehead atoms. The lowest BCUT2D eigenvalue weighted by Crippen LogP contribution is -2.07. The molecule has 1 heterocycles. The number of ether oxygens (including phenoxy) is 1. The van der Waals surface area contributed by atoms with Gasteiger partial charge in [0.25, 0.3) is 0 Å². The molecule has 0 aliphatic rings. The third-order valence-electron chi connectivity index (χ3n) is 2.33. The van der Waals surface area contributed by atoms with Crippen LogP contribution in [-0.2, 0) is 4.74 Å². The highest BCUT2D eigenvalue weighted by Crippen LogP contribution is 2.26. The Labute approximate surface area is 113 Å². The van der Waals surface area contributed by atoms with E-state index >= 15 is 0 Å². The molecule has 2 rings (SSSR count). The molecule has 0 aliphatic heterocycles. The number of carbonyl (C=O) groups excluding carboxylic acids is 1. The molecule has 0 spiro atoms. The number of nitrogens with zero attached hydrogens (tertiary/aromatic N) is 2. The average Bonchev–Trinajstić information content (AvgIpc) is 2.68. The summed E-state index contributed by atoms with van der Waals surface area (Å²) in [5.74, 6) is -0.130. The van der Waals surface area contributed by atoms with Crippen molar-refractivity contribution in [2.24, 2.45) is 0 Å². The molecule has 2 N–H and O–H groups in total. The Kier molecular flexibility index (Phi) is 3.66. The molecule has 5 nitrogen and oxygen atoms in total. The van der Waals surface area contributed by atoms with Gasteiger partial charge >= 0.3 is 5.97 Å². The first kappa shape index (κ1) is 12.6.